The molecule has 3 N–H and O–H groups in total. The van der Waals surface area contributed by atoms with Gasteiger partial charge in [-0.05, 0) is 55.7 Å². The molecule has 0 aliphatic heterocycles. The molecule has 1 amide bonds. The highest BCUT2D eigenvalue weighted by molar-refractivity contribution is 5.75. The highest BCUT2D eigenvalue weighted by Crippen LogP contribution is 2.22. The van der Waals surface area contributed by atoms with Crippen LogP contribution in [0.3, 0.4) is 0 Å². The number of nitrogens with zero attached hydrogens (tertiary/aromatic N) is 3. The van der Waals surface area contributed by atoms with Gasteiger partial charge in [-0.25, -0.2) is 17.9 Å². The number of ether oxygens (including phenoxy) is 1. The van der Waals surface area contributed by atoms with Crippen molar-refractivity contribution in [3.8, 4) is 17.5 Å². The van der Waals surface area contributed by atoms with E-state index in [2.05, 4.69) is 10.4 Å². The van der Waals surface area contributed by atoms with E-state index in [1.165, 1.54) is 35.0 Å². The molecule has 0 aliphatic rings. The first-order valence-corrected chi connectivity index (χ1v) is 10.3. The van der Waals surface area contributed by atoms with Crippen molar-refractivity contribution in [1.82, 2.24) is 15.1 Å². The van der Waals surface area contributed by atoms with Crippen molar-refractivity contribution >= 4 is 11.7 Å². The van der Waals surface area contributed by atoms with Gasteiger partial charge in [0.05, 0.1) is 18.0 Å². The molecule has 0 aliphatic carbocycles. The zero-order chi connectivity index (χ0) is 23.8. The van der Waals surface area contributed by atoms with E-state index in [9.17, 15) is 23.2 Å². The first-order valence-electron chi connectivity index (χ1n) is 10.3. The molecule has 0 fully saturated rings. The number of amides is 1. The average Bonchev–Trinajstić information content (AvgIpc) is 3.11. The highest BCUT2D eigenvalue weighted by atomic mass is 19.1. The topological polar surface area (TPSA) is 106 Å². The lowest BCUT2D eigenvalue weighted by atomic mass is 10.1. The van der Waals surface area contributed by atoms with E-state index < -0.39 is 17.5 Å². The molecule has 0 saturated carbocycles. The van der Waals surface area contributed by atoms with Crippen LogP contribution in [-0.4, -0.2) is 28.8 Å². The van der Waals surface area contributed by atoms with Crippen LogP contribution in [0.1, 0.15) is 30.5 Å². The second-order valence-electron chi connectivity index (χ2n) is 7.19. The van der Waals surface area contributed by atoms with Gasteiger partial charge in [0.25, 0.3) is 0 Å². The number of aryl methyl sites for hydroxylation is 1. The standard InChI is InChI=1S/C23H22F3N5O2/c24-15-5-8-17(9-6-15)31-23(28)18(14-27)20(30-31)3-1-11-29-22(32)4-2-12-33-21-10-7-16(25)13-19(21)26/h5-10,13H,1-4,11-12,28H2,(H,29,32). The number of hydrogen-bond acceptors (Lipinski definition) is 5. The normalized spacial score (nSPS) is 10.6. The third-order valence-electron chi connectivity index (χ3n) is 4.79. The number of carbonyl (C=O) groups excluding carboxylic acids is 1. The molecule has 3 rings (SSSR count). The summed E-state index contributed by atoms with van der Waals surface area (Å²) >= 11 is 0. The molecule has 1 heterocycles. The van der Waals surface area contributed by atoms with E-state index in [4.69, 9.17) is 10.5 Å². The Hall–Kier alpha value is -4.00. The van der Waals surface area contributed by atoms with Gasteiger partial charge in [-0.2, -0.15) is 10.4 Å². The van der Waals surface area contributed by atoms with Crippen LogP contribution in [-0.2, 0) is 11.2 Å². The summed E-state index contributed by atoms with van der Waals surface area (Å²) < 4.78 is 46.1. The molecule has 0 unspecified atom stereocenters. The Bertz CT molecular complexity index is 1160. The zero-order valence-electron chi connectivity index (χ0n) is 17.7. The fraction of sp³-hybridized carbons (Fsp3) is 0.261. The second kappa shape index (κ2) is 11.0. The molecule has 3 aromatic rings. The molecule has 33 heavy (non-hydrogen) atoms. The molecular weight excluding hydrogens is 435 g/mol. The number of nitrogen functional groups attached to an aromatic ring is 1. The summed E-state index contributed by atoms with van der Waals surface area (Å²) in [4.78, 5) is 12.0. The number of rotatable bonds is 10. The first-order chi connectivity index (χ1) is 15.9. The van der Waals surface area contributed by atoms with Crippen LogP contribution in [0, 0.1) is 28.8 Å². The lowest BCUT2D eigenvalue weighted by molar-refractivity contribution is -0.121. The van der Waals surface area contributed by atoms with Crippen molar-refractivity contribution < 1.29 is 22.7 Å². The molecule has 0 radical (unpaired) electrons. The summed E-state index contributed by atoms with van der Waals surface area (Å²) in [6.45, 7) is 0.474. The molecule has 2 aromatic carbocycles. The molecule has 1 aromatic heterocycles. The van der Waals surface area contributed by atoms with Crippen molar-refractivity contribution in [2.75, 3.05) is 18.9 Å². The van der Waals surface area contributed by atoms with Gasteiger partial charge in [0, 0.05) is 19.0 Å². The molecule has 7 nitrogen and oxygen atoms in total. The lowest BCUT2D eigenvalue weighted by Crippen LogP contribution is -2.25. The Labute approximate surface area is 188 Å². The molecule has 172 valence electrons. The van der Waals surface area contributed by atoms with Gasteiger partial charge in [-0.15, -0.1) is 0 Å². The number of anilines is 1. The maximum atomic E-state index is 13.5. The number of nitrogens with one attached hydrogen (secondary N) is 1. The van der Waals surface area contributed by atoms with Crippen LogP contribution in [0.5, 0.6) is 5.75 Å². The zero-order valence-corrected chi connectivity index (χ0v) is 17.7. The second-order valence-corrected chi connectivity index (χ2v) is 7.19. The van der Waals surface area contributed by atoms with Crippen molar-refractivity contribution in [3.05, 3.63) is 71.2 Å². The fourth-order valence-electron chi connectivity index (χ4n) is 3.13. The van der Waals surface area contributed by atoms with Crippen LogP contribution in [0.25, 0.3) is 5.69 Å². The van der Waals surface area contributed by atoms with E-state index >= 15 is 0 Å². The maximum Gasteiger partial charge on any atom is 0.220 e. The summed E-state index contributed by atoms with van der Waals surface area (Å²) in [5.74, 6) is -1.97. The number of nitrogens with two attached hydrogens (primary N) is 1. The van der Waals surface area contributed by atoms with Gasteiger partial charge in [0.2, 0.25) is 5.91 Å². The third-order valence-corrected chi connectivity index (χ3v) is 4.79. The van der Waals surface area contributed by atoms with Crippen LogP contribution in [0.2, 0.25) is 0 Å². The quantitative estimate of drug-likeness (QED) is 0.452. The molecule has 10 heteroatoms. The largest absolute Gasteiger partial charge is 0.491 e. The fourth-order valence-corrected chi connectivity index (χ4v) is 3.13. The summed E-state index contributed by atoms with van der Waals surface area (Å²) in [7, 11) is 0. The van der Waals surface area contributed by atoms with Gasteiger partial charge in [0.1, 0.15) is 29.1 Å². The smallest absolute Gasteiger partial charge is 0.220 e. The minimum Gasteiger partial charge on any atom is -0.491 e. The Morgan fingerprint density at radius 3 is 2.55 bits per heavy atom. The monoisotopic (exact) mass is 457 g/mol. The Kier molecular flexibility index (Phi) is 7.91. The average molecular weight is 457 g/mol. The predicted octanol–water partition coefficient (Wildman–Crippen LogP) is 3.65. The summed E-state index contributed by atoms with van der Waals surface area (Å²) in [5.41, 5.74) is 7.29. The summed E-state index contributed by atoms with van der Waals surface area (Å²) in [6, 6.07) is 10.6. The number of nitriles is 1. The first kappa shape index (κ1) is 23.7. The van der Waals surface area contributed by atoms with Crippen LogP contribution in [0.4, 0.5) is 19.0 Å². The Morgan fingerprint density at radius 1 is 1.12 bits per heavy atom. The predicted molar refractivity (Wildman–Crippen MR) is 115 cm³/mol. The van der Waals surface area contributed by atoms with E-state index in [0.717, 1.165) is 12.1 Å². The van der Waals surface area contributed by atoms with Gasteiger partial charge < -0.3 is 15.8 Å². The van der Waals surface area contributed by atoms with E-state index in [0.29, 0.717) is 37.2 Å². The molecule has 0 atom stereocenters. The van der Waals surface area contributed by atoms with E-state index in [1.807, 2.05) is 6.07 Å². The maximum absolute atomic E-state index is 13.5. The summed E-state index contributed by atoms with van der Waals surface area (Å²) in [6.07, 6.45) is 1.48. The van der Waals surface area contributed by atoms with Crippen molar-refractivity contribution in [1.29, 1.82) is 5.26 Å². The number of carbonyl (C=O) groups is 1. The molecule has 0 saturated heterocycles. The van der Waals surface area contributed by atoms with Crippen molar-refractivity contribution in [3.63, 3.8) is 0 Å². The molecular formula is C23H22F3N5O2. The SMILES string of the molecule is N#Cc1c(CCCNC(=O)CCCOc2ccc(F)cc2F)nn(-c2ccc(F)cc2)c1N. The Balaban J connectivity index is 1.42. The van der Waals surface area contributed by atoms with E-state index in [-0.39, 0.29) is 36.1 Å². The number of hydrogen-bond donors (Lipinski definition) is 2. The molecule has 0 spiro atoms. The third kappa shape index (κ3) is 6.26. The Morgan fingerprint density at radius 2 is 1.85 bits per heavy atom. The van der Waals surface area contributed by atoms with E-state index in [1.54, 1.807) is 0 Å². The van der Waals surface area contributed by atoms with Crippen molar-refractivity contribution in [2.45, 2.75) is 25.7 Å². The number of halogens is 3. The number of aromatic nitrogens is 2. The minimum absolute atomic E-state index is 0.0653. The van der Waals surface area contributed by atoms with Gasteiger partial charge >= 0.3 is 0 Å². The summed E-state index contributed by atoms with van der Waals surface area (Å²) in [5, 5.41) is 16.5. The van der Waals surface area contributed by atoms with Crippen LogP contribution < -0.4 is 15.8 Å². The molecule has 0 bridgehead atoms. The van der Waals surface area contributed by atoms with Gasteiger partial charge in [-0.3, -0.25) is 4.79 Å². The van der Waals surface area contributed by atoms with Crippen LogP contribution >= 0.6 is 0 Å². The highest BCUT2D eigenvalue weighted by Gasteiger charge is 2.16. The van der Waals surface area contributed by atoms with Crippen molar-refractivity contribution in [2.24, 2.45) is 0 Å². The number of benzene rings is 2. The van der Waals surface area contributed by atoms with Gasteiger partial charge in [-0.1, -0.05) is 0 Å². The lowest BCUT2D eigenvalue weighted by Gasteiger charge is -2.08. The minimum atomic E-state index is -0.793. The van der Waals surface area contributed by atoms with Crippen LogP contribution in [0.15, 0.2) is 42.5 Å². The van der Waals surface area contributed by atoms with Gasteiger partial charge in [0.15, 0.2) is 11.6 Å².